The molecule has 1 aliphatic heterocycles. The second kappa shape index (κ2) is 12.1. The molecule has 0 aromatic heterocycles. The molecule has 1 fully saturated rings. The number of amides is 5. The zero-order valence-electron chi connectivity index (χ0n) is 20.5. The van der Waals surface area contributed by atoms with Crippen LogP contribution in [0.25, 0.3) is 0 Å². The Morgan fingerprint density at radius 2 is 1.66 bits per heavy atom. The van der Waals surface area contributed by atoms with Crippen molar-refractivity contribution in [1.82, 2.24) is 15.5 Å². The molecule has 3 N–H and O–H groups in total. The Hall–Kier alpha value is -3.76. The number of carbonyl (C=O) groups is 6. The van der Waals surface area contributed by atoms with Crippen molar-refractivity contribution < 1.29 is 33.5 Å². The van der Waals surface area contributed by atoms with E-state index in [1.54, 1.807) is 45.0 Å². The van der Waals surface area contributed by atoms with Crippen LogP contribution in [0.3, 0.4) is 0 Å². The van der Waals surface area contributed by atoms with Crippen LogP contribution in [-0.2, 0) is 40.1 Å². The Balaban J connectivity index is 1.91. The normalized spacial score (nSPS) is 17.1. The molecule has 190 valence electrons. The highest BCUT2D eigenvalue weighted by molar-refractivity contribution is 6.06. The molecule has 1 unspecified atom stereocenters. The molecular formula is C24H32N4O7. The van der Waals surface area contributed by atoms with Crippen molar-refractivity contribution in [2.45, 2.75) is 59.7 Å². The van der Waals surface area contributed by atoms with Crippen molar-refractivity contribution >= 4 is 41.2 Å². The van der Waals surface area contributed by atoms with Gasteiger partial charge in [-0.1, -0.05) is 32.9 Å². The van der Waals surface area contributed by atoms with E-state index in [4.69, 9.17) is 4.74 Å². The number of hydrogen-bond donors (Lipinski definition) is 3. The lowest BCUT2D eigenvalue weighted by Gasteiger charge is -2.24. The predicted octanol–water partition coefficient (Wildman–Crippen LogP) is 0.729. The van der Waals surface area contributed by atoms with Gasteiger partial charge in [-0.05, 0) is 30.5 Å². The Bertz CT molecular complexity index is 990. The van der Waals surface area contributed by atoms with Gasteiger partial charge in [-0.3, -0.25) is 33.7 Å². The van der Waals surface area contributed by atoms with Gasteiger partial charge in [0, 0.05) is 24.9 Å². The van der Waals surface area contributed by atoms with E-state index in [2.05, 4.69) is 16.0 Å². The van der Waals surface area contributed by atoms with E-state index in [1.807, 2.05) is 0 Å². The molecule has 1 saturated heterocycles. The van der Waals surface area contributed by atoms with Crippen molar-refractivity contribution in [1.29, 1.82) is 0 Å². The lowest BCUT2D eigenvalue weighted by molar-refractivity contribution is -0.144. The minimum Gasteiger partial charge on any atom is -0.461 e. The molecule has 1 heterocycles. The van der Waals surface area contributed by atoms with E-state index in [9.17, 15) is 28.8 Å². The fourth-order valence-electron chi connectivity index (χ4n) is 3.40. The van der Waals surface area contributed by atoms with Crippen LogP contribution in [0.1, 0.15) is 46.6 Å². The van der Waals surface area contributed by atoms with Crippen LogP contribution in [0.2, 0.25) is 0 Å². The van der Waals surface area contributed by atoms with Crippen LogP contribution in [0.4, 0.5) is 5.69 Å². The number of ether oxygens (including phenoxy) is 1. The molecule has 1 aromatic carbocycles. The number of likely N-dealkylation sites (tertiary alicyclic amines) is 1. The molecule has 11 nitrogen and oxygen atoms in total. The van der Waals surface area contributed by atoms with E-state index in [0.29, 0.717) is 5.69 Å². The van der Waals surface area contributed by atoms with Gasteiger partial charge in [0.05, 0.1) is 0 Å². The maximum Gasteiger partial charge on any atom is 0.302 e. The summed E-state index contributed by atoms with van der Waals surface area (Å²) in [6, 6.07) is 4.80. The summed E-state index contributed by atoms with van der Waals surface area (Å²) in [4.78, 5) is 73.5. The summed E-state index contributed by atoms with van der Waals surface area (Å²) in [6.07, 6.45) is 0.0573. The minimum absolute atomic E-state index is 0.0573. The number of anilines is 1. The quantitative estimate of drug-likeness (QED) is 0.324. The third-order valence-corrected chi connectivity index (χ3v) is 5.45. The SMILES string of the molecule is CC(=O)OCc1ccc(NC(=O)[C@H](C)NC(=O)[C@@H](NC(=O)CN2C(=O)CC(C)C2=O)C(C)C)cc1. The smallest absolute Gasteiger partial charge is 0.302 e. The second-order valence-corrected chi connectivity index (χ2v) is 8.91. The molecule has 0 bridgehead atoms. The lowest BCUT2D eigenvalue weighted by Crippen LogP contribution is -2.55. The maximum absolute atomic E-state index is 12.8. The van der Waals surface area contributed by atoms with Crippen molar-refractivity contribution in [3.05, 3.63) is 29.8 Å². The molecule has 5 amide bonds. The summed E-state index contributed by atoms with van der Waals surface area (Å²) < 4.78 is 4.91. The van der Waals surface area contributed by atoms with Crippen LogP contribution in [0, 0.1) is 11.8 Å². The second-order valence-electron chi connectivity index (χ2n) is 8.91. The molecule has 11 heteroatoms. The number of benzene rings is 1. The molecule has 1 aromatic rings. The maximum atomic E-state index is 12.8. The first-order valence-corrected chi connectivity index (χ1v) is 11.4. The Kier molecular flexibility index (Phi) is 9.50. The summed E-state index contributed by atoms with van der Waals surface area (Å²) in [7, 11) is 0. The summed E-state index contributed by atoms with van der Waals surface area (Å²) in [5, 5.41) is 7.81. The number of nitrogens with zero attached hydrogens (tertiary/aromatic N) is 1. The third kappa shape index (κ3) is 7.90. The van der Waals surface area contributed by atoms with Crippen molar-refractivity contribution in [3.8, 4) is 0 Å². The highest BCUT2D eigenvalue weighted by atomic mass is 16.5. The average molecular weight is 489 g/mol. The Morgan fingerprint density at radius 1 is 1.03 bits per heavy atom. The molecule has 0 aliphatic carbocycles. The Morgan fingerprint density at radius 3 is 2.17 bits per heavy atom. The van der Waals surface area contributed by atoms with E-state index < -0.39 is 60.1 Å². The van der Waals surface area contributed by atoms with E-state index in [0.717, 1.165) is 10.5 Å². The van der Waals surface area contributed by atoms with Gasteiger partial charge in [-0.2, -0.15) is 0 Å². The molecule has 35 heavy (non-hydrogen) atoms. The average Bonchev–Trinajstić information content (AvgIpc) is 3.02. The molecule has 0 saturated carbocycles. The van der Waals surface area contributed by atoms with E-state index in [1.165, 1.54) is 13.8 Å². The van der Waals surface area contributed by atoms with Crippen LogP contribution in [-0.4, -0.2) is 59.0 Å². The van der Waals surface area contributed by atoms with E-state index in [-0.39, 0.29) is 18.9 Å². The first kappa shape index (κ1) is 27.5. The van der Waals surface area contributed by atoms with Crippen molar-refractivity contribution in [2.75, 3.05) is 11.9 Å². The van der Waals surface area contributed by atoms with Gasteiger partial charge in [-0.15, -0.1) is 0 Å². The number of nitrogens with one attached hydrogen (secondary N) is 3. The van der Waals surface area contributed by atoms with Gasteiger partial charge in [0.25, 0.3) is 0 Å². The minimum atomic E-state index is -0.969. The van der Waals surface area contributed by atoms with Gasteiger partial charge in [0.1, 0.15) is 25.2 Å². The van der Waals surface area contributed by atoms with Crippen LogP contribution in [0.15, 0.2) is 24.3 Å². The molecule has 0 radical (unpaired) electrons. The summed E-state index contributed by atoms with van der Waals surface area (Å²) in [6.45, 7) is 7.55. The summed E-state index contributed by atoms with van der Waals surface area (Å²) >= 11 is 0. The zero-order valence-corrected chi connectivity index (χ0v) is 20.5. The monoisotopic (exact) mass is 488 g/mol. The molecule has 0 spiro atoms. The molecular weight excluding hydrogens is 456 g/mol. The van der Waals surface area contributed by atoms with E-state index >= 15 is 0 Å². The Labute approximate surface area is 203 Å². The van der Waals surface area contributed by atoms with Gasteiger partial charge in [0.15, 0.2) is 0 Å². The van der Waals surface area contributed by atoms with Crippen molar-refractivity contribution in [2.24, 2.45) is 11.8 Å². The number of imide groups is 1. The molecule has 2 rings (SSSR count). The highest BCUT2D eigenvalue weighted by Crippen LogP contribution is 2.18. The fraction of sp³-hybridized carbons (Fsp3) is 0.500. The third-order valence-electron chi connectivity index (χ3n) is 5.45. The number of carbonyl (C=O) groups excluding carboxylic acids is 6. The largest absolute Gasteiger partial charge is 0.461 e. The number of hydrogen-bond acceptors (Lipinski definition) is 7. The van der Waals surface area contributed by atoms with Gasteiger partial charge < -0.3 is 20.7 Å². The van der Waals surface area contributed by atoms with Gasteiger partial charge in [0.2, 0.25) is 29.5 Å². The fourth-order valence-corrected chi connectivity index (χ4v) is 3.40. The standard InChI is InChI=1S/C24H32N4O7/c1-13(2)21(27-19(30)11-28-20(31)10-14(3)24(28)34)23(33)25-15(4)22(32)26-18-8-6-17(7-9-18)12-35-16(5)29/h6-9,13-15,21H,10-12H2,1-5H3,(H,25,33)(H,26,32)(H,27,30)/t14?,15-,21-/m0/s1. The summed E-state index contributed by atoms with van der Waals surface area (Å²) in [5.41, 5.74) is 1.24. The van der Waals surface area contributed by atoms with Crippen molar-refractivity contribution in [3.63, 3.8) is 0 Å². The molecule has 3 atom stereocenters. The van der Waals surface area contributed by atoms with Gasteiger partial charge >= 0.3 is 5.97 Å². The van der Waals surface area contributed by atoms with Crippen LogP contribution < -0.4 is 16.0 Å². The van der Waals surface area contributed by atoms with Crippen LogP contribution >= 0.6 is 0 Å². The van der Waals surface area contributed by atoms with Crippen LogP contribution in [0.5, 0.6) is 0 Å². The molecule has 1 aliphatic rings. The zero-order chi connectivity index (χ0) is 26.3. The first-order valence-electron chi connectivity index (χ1n) is 11.4. The van der Waals surface area contributed by atoms with Gasteiger partial charge in [-0.25, -0.2) is 0 Å². The number of rotatable bonds is 10. The topological polar surface area (TPSA) is 151 Å². The predicted molar refractivity (Wildman–Crippen MR) is 125 cm³/mol. The first-order chi connectivity index (χ1) is 16.4. The number of esters is 1. The lowest BCUT2D eigenvalue weighted by atomic mass is 10.0. The highest BCUT2D eigenvalue weighted by Gasteiger charge is 2.37. The summed E-state index contributed by atoms with van der Waals surface area (Å²) in [5.74, 6) is -3.70.